The first kappa shape index (κ1) is 11.8. The zero-order valence-corrected chi connectivity index (χ0v) is 10.5. The number of thioether (sulfide) groups is 2. The summed E-state index contributed by atoms with van der Waals surface area (Å²) in [4.78, 5) is 0. The minimum Gasteiger partial charge on any atom is -0.501 e. The van der Waals surface area contributed by atoms with E-state index in [1.165, 1.54) is 5.57 Å². The SMILES string of the molecule is COC1=CC=C(C(SC)SC)C=CC1. The standard InChI is InChI=1S/C11H16OS2/c1-12-10-6-4-5-9(7-8-10)11(13-2)14-3/h4-5,7-8,11H,6H2,1-3H3. The molecule has 0 heterocycles. The third-order valence-electron chi connectivity index (χ3n) is 2.05. The van der Waals surface area contributed by atoms with Crippen LogP contribution in [-0.4, -0.2) is 24.2 Å². The molecule has 78 valence electrons. The molecule has 1 rings (SSSR count). The molecule has 0 amide bonds. The lowest BCUT2D eigenvalue weighted by Gasteiger charge is -2.11. The van der Waals surface area contributed by atoms with Gasteiger partial charge in [0.25, 0.3) is 0 Å². The highest BCUT2D eigenvalue weighted by atomic mass is 32.2. The molecule has 1 aliphatic carbocycles. The Morgan fingerprint density at radius 1 is 1.29 bits per heavy atom. The minimum absolute atomic E-state index is 0.527. The van der Waals surface area contributed by atoms with Crippen LogP contribution >= 0.6 is 23.5 Å². The van der Waals surface area contributed by atoms with Crippen molar-refractivity contribution < 1.29 is 4.74 Å². The van der Waals surface area contributed by atoms with E-state index in [1.807, 2.05) is 23.5 Å². The molecule has 0 saturated carbocycles. The van der Waals surface area contributed by atoms with Crippen LogP contribution in [0, 0.1) is 0 Å². The molecule has 0 atom stereocenters. The van der Waals surface area contributed by atoms with Crippen molar-refractivity contribution in [3.05, 3.63) is 35.6 Å². The van der Waals surface area contributed by atoms with Gasteiger partial charge in [0.1, 0.15) is 0 Å². The number of methoxy groups -OCH3 is 1. The molecule has 0 fully saturated rings. The Hall–Kier alpha value is -0.280. The van der Waals surface area contributed by atoms with Crippen molar-refractivity contribution in [2.75, 3.05) is 19.6 Å². The molecule has 0 aliphatic heterocycles. The molecule has 0 saturated heterocycles. The van der Waals surface area contributed by atoms with Gasteiger partial charge in [-0.15, -0.1) is 23.5 Å². The Balaban J connectivity index is 2.78. The lowest BCUT2D eigenvalue weighted by molar-refractivity contribution is 0.285. The van der Waals surface area contributed by atoms with Crippen molar-refractivity contribution in [1.29, 1.82) is 0 Å². The van der Waals surface area contributed by atoms with Gasteiger partial charge in [-0.05, 0) is 24.2 Å². The van der Waals surface area contributed by atoms with Gasteiger partial charge in [-0.1, -0.05) is 18.2 Å². The van der Waals surface area contributed by atoms with Crippen LogP contribution in [0.15, 0.2) is 35.6 Å². The molecule has 0 aromatic heterocycles. The fourth-order valence-corrected chi connectivity index (χ4v) is 2.93. The molecule has 0 N–H and O–H groups in total. The van der Waals surface area contributed by atoms with E-state index in [-0.39, 0.29) is 0 Å². The number of ether oxygens (including phenoxy) is 1. The summed E-state index contributed by atoms with van der Waals surface area (Å²) in [6.07, 6.45) is 13.7. The zero-order chi connectivity index (χ0) is 10.4. The van der Waals surface area contributed by atoms with Gasteiger partial charge in [-0.3, -0.25) is 0 Å². The van der Waals surface area contributed by atoms with Crippen LogP contribution in [-0.2, 0) is 4.74 Å². The smallest absolute Gasteiger partial charge is 0.0993 e. The quantitative estimate of drug-likeness (QED) is 0.682. The summed E-state index contributed by atoms with van der Waals surface area (Å²) in [7, 11) is 1.72. The molecule has 1 aliphatic rings. The molecule has 0 aromatic carbocycles. The van der Waals surface area contributed by atoms with E-state index in [9.17, 15) is 0 Å². The van der Waals surface area contributed by atoms with Crippen molar-refractivity contribution in [3.63, 3.8) is 0 Å². The molecule has 1 nitrogen and oxygen atoms in total. The summed E-state index contributed by atoms with van der Waals surface area (Å²) in [5.41, 5.74) is 1.36. The average molecular weight is 228 g/mol. The number of hydrogen-bond donors (Lipinski definition) is 0. The Morgan fingerprint density at radius 2 is 2.00 bits per heavy atom. The largest absolute Gasteiger partial charge is 0.501 e. The summed E-state index contributed by atoms with van der Waals surface area (Å²) in [6.45, 7) is 0. The third kappa shape index (κ3) is 3.14. The summed E-state index contributed by atoms with van der Waals surface area (Å²) < 4.78 is 5.74. The molecular weight excluding hydrogens is 212 g/mol. The van der Waals surface area contributed by atoms with Crippen molar-refractivity contribution in [2.24, 2.45) is 0 Å². The summed E-state index contributed by atoms with van der Waals surface area (Å²) >= 11 is 3.74. The van der Waals surface area contributed by atoms with Crippen molar-refractivity contribution in [3.8, 4) is 0 Å². The van der Waals surface area contributed by atoms with Crippen LogP contribution in [0.2, 0.25) is 0 Å². The maximum absolute atomic E-state index is 5.22. The highest BCUT2D eigenvalue weighted by Crippen LogP contribution is 2.28. The summed E-state index contributed by atoms with van der Waals surface area (Å²) in [5.74, 6) is 1.03. The van der Waals surface area contributed by atoms with Crippen LogP contribution in [0.1, 0.15) is 6.42 Å². The highest BCUT2D eigenvalue weighted by molar-refractivity contribution is 8.16. The normalized spacial score (nSPS) is 16.3. The first-order chi connectivity index (χ1) is 6.81. The predicted octanol–water partition coefficient (Wildman–Crippen LogP) is 3.46. The van der Waals surface area contributed by atoms with Gasteiger partial charge in [-0.2, -0.15) is 0 Å². The molecule has 0 radical (unpaired) electrons. The van der Waals surface area contributed by atoms with E-state index >= 15 is 0 Å². The minimum atomic E-state index is 0.527. The first-order valence-electron chi connectivity index (χ1n) is 4.48. The van der Waals surface area contributed by atoms with Crippen molar-refractivity contribution in [2.45, 2.75) is 11.0 Å². The number of rotatable bonds is 4. The van der Waals surface area contributed by atoms with E-state index in [0.717, 1.165) is 12.2 Å². The number of allylic oxidation sites excluding steroid dienone is 4. The Morgan fingerprint density at radius 3 is 2.57 bits per heavy atom. The van der Waals surface area contributed by atoms with E-state index in [0.29, 0.717) is 4.58 Å². The van der Waals surface area contributed by atoms with E-state index in [2.05, 4.69) is 36.8 Å². The number of hydrogen-bond acceptors (Lipinski definition) is 3. The molecule has 0 bridgehead atoms. The predicted molar refractivity (Wildman–Crippen MR) is 67.8 cm³/mol. The van der Waals surface area contributed by atoms with Gasteiger partial charge < -0.3 is 4.74 Å². The van der Waals surface area contributed by atoms with Gasteiger partial charge in [0.2, 0.25) is 0 Å². The van der Waals surface area contributed by atoms with Crippen LogP contribution in [0.25, 0.3) is 0 Å². The van der Waals surface area contributed by atoms with Crippen LogP contribution in [0.4, 0.5) is 0 Å². The van der Waals surface area contributed by atoms with Gasteiger partial charge in [0.05, 0.1) is 17.5 Å². The lowest BCUT2D eigenvalue weighted by atomic mass is 10.2. The highest BCUT2D eigenvalue weighted by Gasteiger charge is 2.09. The van der Waals surface area contributed by atoms with Gasteiger partial charge in [0.15, 0.2) is 0 Å². The molecule has 3 heteroatoms. The monoisotopic (exact) mass is 228 g/mol. The second-order valence-electron chi connectivity index (χ2n) is 2.91. The fourth-order valence-electron chi connectivity index (χ4n) is 1.30. The van der Waals surface area contributed by atoms with E-state index < -0.39 is 0 Å². The second-order valence-corrected chi connectivity index (χ2v) is 5.10. The summed E-state index contributed by atoms with van der Waals surface area (Å²) in [5, 5.41) is 0. The Kier molecular flexibility index (Phi) is 5.26. The Bertz CT molecular complexity index is 262. The van der Waals surface area contributed by atoms with Crippen LogP contribution < -0.4 is 0 Å². The maximum Gasteiger partial charge on any atom is 0.0993 e. The fraction of sp³-hybridized carbons (Fsp3) is 0.455. The van der Waals surface area contributed by atoms with Gasteiger partial charge in [-0.25, -0.2) is 0 Å². The van der Waals surface area contributed by atoms with Crippen LogP contribution in [0.3, 0.4) is 0 Å². The lowest BCUT2D eigenvalue weighted by Crippen LogP contribution is -1.97. The van der Waals surface area contributed by atoms with Gasteiger partial charge >= 0.3 is 0 Å². The molecule has 14 heavy (non-hydrogen) atoms. The van der Waals surface area contributed by atoms with Crippen molar-refractivity contribution in [1.82, 2.24) is 0 Å². The first-order valence-corrected chi connectivity index (χ1v) is 7.06. The van der Waals surface area contributed by atoms with Crippen molar-refractivity contribution >= 4 is 23.5 Å². The zero-order valence-electron chi connectivity index (χ0n) is 8.82. The third-order valence-corrected chi connectivity index (χ3v) is 4.61. The topological polar surface area (TPSA) is 9.23 Å². The van der Waals surface area contributed by atoms with Gasteiger partial charge in [0, 0.05) is 6.42 Å². The average Bonchev–Trinajstić information content (AvgIpc) is 2.45. The molecule has 0 aromatic rings. The van der Waals surface area contributed by atoms with E-state index in [4.69, 9.17) is 4.74 Å². The molecular formula is C11H16OS2. The van der Waals surface area contributed by atoms with E-state index in [1.54, 1.807) is 7.11 Å². The molecule has 0 spiro atoms. The molecule has 0 unspecified atom stereocenters. The summed E-state index contributed by atoms with van der Waals surface area (Å²) in [6, 6.07) is 0. The Labute approximate surface area is 94.7 Å². The second kappa shape index (κ2) is 6.25. The van der Waals surface area contributed by atoms with Crippen LogP contribution in [0.5, 0.6) is 0 Å². The maximum atomic E-state index is 5.22.